The monoisotopic (exact) mass is 367 g/mol. The molecule has 2 fully saturated rings. The topological polar surface area (TPSA) is 54.5 Å². The summed E-state index contributed by atoms with van der Waals surface area (Å²) in [5.74, 6) is 0.254. The van der Waals surface area contributed by atoms with E-state index in [0.29, 0.717) is 12.5 Å². The Kier molecular flexibility index (Phi) is 3.89. The van der Waals surface area contributed by atoms with Gasteiger partial charge in [0.1, 0.15) is 0 Å². The second-order valence-electron chi connectivity index (χ2n) is 5.49. The Morgan fingerprint density at radius 3 is 2.48 bits per heavy atom. The van der Waals surface area contributed by atoms with Gasteiger partial charge in [-0.1, -0.05) is 23.2 Å². The maximum atomic E-state index is 12.6. The minimum absolute atomic E-state index is 0.00565. The van der Waals surface area contributed by atoms with Crippen molar-refractivity contribution < 1.29 is 13.2 Å². The van der Waals surface area contributed by atoms with Gasteiger partial charge < -0.3 is 4.90 Å². The first-order valence-electron chi connectivity index (χ1n) is 6.52. The standard InChI is InChI=1S/C13H12Cl3NO3S/c14-11-5-9(21(16,19)20)4-10(12(11)15)13(18)17-6-7-1-2-8(17)3-7/h4-5,7-8H,1-3,6H2. The van der Waals surface area contributed by atoms with Crippen LogP contribution in [0.4, 0.5) is 0 Å². The Labute approximate surface area is 137 Å². The van der Waals surface area contributed by atoms with Gasteiger partial charge in [0.05, 0.1) is 20.5 Å². The molecule has 2 aliphatic rings. The fraction of sp³-hybridized carbons (Fsp3) is 0.462. The second kappa shape index (κ2) is 5.30. The van der Waals surface area contributed by atoms with Gasteiger partial charge in [-0.25, -0.2) is 8.42 Å². The molecule has 0 spiro atoms. The van der Waals surface area contributed by atoms with Crippen molar-refractivity contribution in [3.8, 4) is 0 Å². The minimum atomic E-state index is -3.97. The van der Waals surface area contributed by atoms with Crippen LogP contribution in [0.3, 0.4) is 0 Å². The molecule has 1 saturated carbocycles. The normalized spacial score (nSPS) is 24.6. The van der Waals surface area contributed by atoms with Crippen molar-refractivity contribution in [2.24, 2.45) is 5.92 Å². The van der Waals surface area contributed by atoms with Crippen LogP contribution in [0.2, 0.25) is 10.0 Å². The highest BCUT2D eigenvalue weighted by atomic mass is 35.7. The minimum Gasteiger partial charge on any atom is -0.335 e. The molecule has 3 rings (SSSR count). The van der Waals surface area contributed by atoms with Crippen molar-refractivity contribution in [1.29, 1.82) is 0 Å². The van der Waals surface area contributed by atoms with Crippen LogP contribution in [-0.4, -0.2) is 31.8 Å². The van der Waals surface area contributed by atoms with Crippen LogP contribution in [0.25, 0.3) is 0 Å². The predicted molar refractivity (Wildman–Crippen MR) is 81.7 cm³/mol. The number of benzene rings is 1. The molecular weight excluding hydrogens is 357 g/mol. The van der Waals surface area contributed by atoms with Crippen LogP contribution in [-0.2, 0) is 9.05 Å². The Hall–Kier alpha value is -0.490. The molecule has 0 radical (unpaired) electrons. The quantitative estimate of drug-likeness (QED) is 0.750. The SMILES string of the molecule is O=C(c1cc(S(=O)(=O)Cl)cc(Cl)c1Cl)N1CC2CCC1C2. The molecule has 4 nitrogen and oxygen atoms in total. The molecule has 1 aromatic rings. The molecule has 21 heavy (non-hydrogen) atoms. The van der Waals surface area contributed by atoms with E-state index in [1.807, 2.05) is 0 Å². The van der Waals surface area contributed by atoms with Crippen LogP contribution in [0, 0.1) is 5.92 Å². The number of nitrogens with zero attached hydrogens (tertiary/aromatic N) is 1. The molecule has 1 heterocycles. The summed E-state index contributed by atoms with van der Waals surface area (Å²) in [5, 5.41) is 0.0691. The molecule has 0 aromatic heterocycles. The highest BCUT2D eigenvalue weighted by Gasteiger charge is 2.41. The van der Waals surface area contributed by atoms with Crippen molar-refractivity contribution in [3.05, 3.63) is 27.7 Å². The van der Waals surface area contributed by atoms with E-state index < -0.39 is 9.05 Å². The largest absolute Gasteiger partial charge is 0.335 e. The Morgan fingerprint density at radius 1 is 1.24 bits per heavy atom. The van der Waals surface area contributed by atoms with Crippen LogP contribution in [0.5, 0.6) is 0 Å². The Balaban J connectivity index is 2.01. The van der Waals surface area contributed by atoms with Crippen LogP contribution >= 0.6 is 33.9 Å². The predicted octanol–water partition coefficient (Wildman–Crippen LogP) is 3.55. The molecule has 1 aliphatic carbocycles. The third-order valence-electron chi connectivity index (χ3n) is 4.18. The van der Waals surface area contributed by atoms with E-state index in [0.717, 1.165) is 25.3 Å². The highest BCUT2D eigenvalue weighted by Crippen LogP contribution is 2.39. The van der Waals surface area contributed by atoms with Crippen molar-refractivity contribution in [2.75, 3.05) is 6.54 Å². The van der Waals surface area contributed by atoms with E-state index in [1.54, 1.807) is 4.90 Å². The van der Waals surface area contributed by atoms with Crippen molar-refractivity contribution in [1.82, 2.24) is 4.90 Å². The zero-order valence-electron chi connectivity index (χ0n) is 10.9. The number of hydrogen-bond donors (Lipinski definition) is 0. The molecule has 1 saturated heterocycles. The first-order chi connectivity index (χ1) is 9.77. The lowest BCUT2D eigenvalue weighted by Gasteiger charge is -2.27. The fourth-order valence-electron chi connectivity index (χ4n) is 3.19. The number of likely N-dealkylation sites (tertiary alicyclic amines) is 1. The molecule has 2 unspecified atom stereocenters. The highest BCUT2D eigenvalue weighted by molar-refractivity contribution is 8.13. The maximum Gasteiger partial charge on any atom is 0.261 e. The lowest BCUT2D eigenvalue weighted by atomic mass is 10.1. The van der Waals surface area contributed by atoms with Crippen molar-refractivity contribution >= 4 is 48.8 Å². The van der Waals surface area contributed by atoms with E-state index in [9.17, 15) is 13.2 Å². The third-order valence-corrected chi connectivity index (χ3v) is 6.32. The average Bonchev–Trinajstić information content (AvgIpc) is 3.02. The van der Waals surface area contributed by atoms with Crippen LogP contribution < -0.4 is 0 Å². The van der Waals surface area contributed by atoms with E-state index in [-0.39, 0.29) is 32.5 Å². The summed E-state index contributed by atoms with van der Waals surface area (Å²) >= 11 is 12.0. The number of hydrogen-bond acceptors (Lipinski definition) is 3. The third kappa shape index (κ3) is 2.77. The zero-order chi connectivity index (χ0) is 15.4. The molecule has 0 N–H and O–H groups in total. The van der Waals surface area contributed by atoms with E-state index >= 15 is 0 Å². The van der Waals surface area contributed by atoms with Gasteiger partial charge in [0.2, 0.25) is 0 Å². The van der Waals surface area contributed by atoms with Gasteiger partial charge in [0.15, 0.2) is 0 Å². The van der Waals surface area contributed by atoms with E-state index in [1.165, 1.54) is 6.07 Å². The zero-order valence-corrected chi connectivity index (χ0v) is 13.9. The van der Waals surface area contributed by atoms with Crippen molar-refractivity contribution in [3.63, 3.8) is 0 Å². The summed E-state index contributed by atoms with van der Waals surface area (Å²) in [6.45, 7) is 0.690. The fourth-order valence-corrected chi connectivity index (χ4v) is 4.45. The molecule has 114 valence electrons. The molecule has 2 bridgehead atoms. The second-order valence-corrected chi connectivity index (χ2v) is 8.85. The van der Waals surface area contributed by atoms with Crippen LogP contribution in [0.15, 0.2) is 17.0 Å². The smallest absolute Gasteiger partial charge is 0.261 e. The summed E-state index contributed by atoms with van der Waals surface area (Å²) in [6.07, 6.45) is 3.12. The molecule has 1 aliphatic heterocycles. The number of carbonyl (C=O) groups is 1. The molecule has 8 heteroatoms. The molecular formula is C13H12Cl3NO3S. The van der Waals surface area contributed by atoms with Crippen LogP contribution in [0.1, 0.15) is 29.6 Å². The summed E-state index contributed by atoms with van der Waals surface area (Å²) in [6, 6.07) is 2.57. The first kappa shape index (κ1) is 15.4. The number of amides is 1. The van der Waals surface area contributed by atoms with Gasteiger partial charge in [-0.2, -0.15) is 0 Å². The van der Waals surface area contributed by atoms with Gasteiger partial charge in [-0.15, -0.1) is 0 Å². The van der Waals surface area contributed by atoms with Gasteiger partial charge in [-0.3, -0.25) is 4.79 Å². The van der Waals surface area contributed by atoms with E-state index in [2.05, 4.69) is 0 Å². The number of fused-ring (bicyclic) bond motifs is 2. The Morgan fingerprint density at radius 2 is 1.95 bits per heavy atom. The Bertz CT molecular complexity index is 720. The number of carbonyl (C=O) groups excluding carboxylic acids is 1. The number of piperidine rings is 1. The maximum absolute atomic E-state index is 12.6. The molecule has 1 amide bonds. The summed E-state index contributed by atoms with van der Waals surface area (Å²) < 4.78 is 22.9. The number of halogens is 3. The lowest BCUT2D eigenvalue weighted by Crippen LogP contribution is -2.37. The summed E-state index contributed by atoms with van der Waals surface area (Å²) in [7, 11) is 1.35. The van der Waals surface area contributed by atoms with Crippen molar-refractivity contribution in [2.45, 2.75) is 30.2 Å². The van der Waals surface area contributed by atoms with Gasteiger partial charge in [0, 0.05) is 23.3 Å². The summed E-state index contributed by atoms with van der Waals surface area (Å²) in [4.78, 5) is 14.2. The molecule has 1 aromatic carbocycles. The lowest BCUT2D eigenvalue weighted by molar-refractivity contribution is 0.0703. The van der Waals surface area contributed by atoms with E-state index in [4.69, 9.17) is 33.9 Å². The van der Waals surface area contributed by atoms with Gasteiger partial charge in [0.25, 0.3) is 15.0 Å². The first-order valence-corrected chi connectivity index (χ1v) is 9.58. The molecule has 2 atom stereocenters. The van der Waals surface area contributed by atoms with Gasteiger partial charge >= 0.3 is 0 Å². The van der Waals surface area contributed by atoms with Gasteiger partial charge in [-0.05, 0) is 37.3 Å². The number of rotatable bonds is 2. The average molecular weight is 369 g/mol. The summed E-state index contributed by atoms with van der Waals surface area (Å²) in [5.41, 5.74) is 0.0935.